The Labute approximate surface area is 199 Å². The lowest BCUT2D eigenvalue weighted by Gasteiger charge is -2.48. The van der Waals surface area contributed by atoms with Crippen LogP contribution in [0.15, 0.2) is 47.3 Å². The number of nitrogens with zero attached hydrogens (tertiary/aromatic N) is 2. The van der Waals surface area contributed by atoms with E-state index in [0.29, 0.717) is 22.3 Å². The Kier molecular flexibility index (Phi) is 6.69. The lowest BCUT2D eigenvalue weighted by atomic mass is 9.61. The Bertz CT molecular complexity index is 1300. The van der Waals surface area contributed by atoms with E-state index < -0.39 is 0 Å². The molecule has 7 nitrogen and oxygen atoms in total. The molecule has 34 heavy (non-hydrogen) atoms. The number of H-pyrrole nitrogens is 1. The van der Waals surface area contributed by atoms with Crippen molar-refractivity contribution >= 4 is 16.7 Å². The molecular weight excluding hydrogens is 428 g/mol. The van der Waals surface area contributed by atoms with Crippen LogP contribution >= 0.6 is 0 Å². The molecular formula is C27H30N4O3. The third kappa shape index (κ3) is 4.81. The van der Waals surface area contributed by atoms with E-state index in [1.165, 1.54) is 0 Å². The molecule has 2 N–H and O–H groups in total. The Morgan fingerprint density at radius 2 is 2.00 bits per heavy atom. The van der Waals surface area contributed by atoms with Crippen LogP contribution in [0.2, 0.25) is 0 Å². The SMILES string of the molecule is CC[C@]1(CCc2n[nH]c(=O)c3ccccc23)C[C@H](NC(=O)c2ccc(OC(C)C)c(C#N)c2)C1. The van der Waals surface area contributed by atoms with E-state index in [-0.39, 0.29) is 29.0 Å². The first-order valence-electron chi connectivity index (χ1n) is 11.8. The standard InChI is InChI=1S/C27H30N4O3/c1-4-27(12-11-23-21-7-5-6-8-22(21)26(33)31-30-23)14-20(15-27)29-25(32)18-9-10-24(34-17(2)3)19(13-18)16-28/h5-10,13,17,20H,4,11-12,14-15H2,1-3H3,(H,29,32)(H,31,33)/t20-,27-. The molecule has 2 aromatic carbocycles. The number of aryl methyl sites for hydroxylation is 1. The molecule has 3 aromatic rings. The highest BCUT2D eigenvalue weighted by Crippen LogP contribution is 2.47. The highest BCUT2D eigenvalue weighted by atomic mass is 16.5. The molecule has 0 bridgehead atoms. The average molecular weight is 459 g/mol. The molecule has 176 valence electrons. The predicted octanol–water partition coefficient (Wildman–Crippen LogP) is 4.50. The summed E-state index contributed by atoms with van der Waals surface area (Å²) in [6.07, 6.45) is 4.48. The van der Waals surface area contributed by atoms with Crippen LogP contribution < -0.4 is 15.6 Å². The first-order chi connectivity index (χ1) is 16.3. The quantitative estimate of drug-likeness (QED) is 0.517. The number of fused-ring (bicyclic) bond motifs is 1. The highest BCUT2D eigenvalue weighted by Gasteiger charge is 2.43. The Morgan fingerprint density at radius 1 is 1.26 bits per heavy atom. The molecule has 1 aromatic heterocycles. The molecule has 1 heterocycles. The summed E-state index contributed by atoms with van der Waals surface area (Å²) in [6.45, 7) is 5.98. The molecule has 1 aliphatic rings. The lowest BCUT2D eigenvalue weighted by Crippen LogP contribution is -2.50. The normalized spacial score (nSPS) is 19.4. The second kappa shape index (κ2) is 9.68. The molecule has 4 rings (SSSR count). The van der Waals surface area contributed by atoms with Crippen LogP contribution in [0.1, 0.15) is 68.1 Å². The van der Waals surface area contributed by atoms with Crippen LogP contribution in [0.4, 0.5) is 0 Å². The molecule has 0 aliphatic heterocycles. The van der Waals surface area contributed by atoms with Crippen molar-refractivity contribution in [1.29, 1.82) is 5.26 Å². The summed E-state index contributed by atoms with van der Waals surface area (Å²) in [5.74, 6) is 0.321. The maximum atomic E-state index is 12.8. The first-order valence-corrected chi connectivity index (χ1v) is 11.8. The number of nitrogens with one attached hydrogen (secondary N) is 2. The van der Waals surface area contributed by atoms with Gasteiger partial charge >= 0.3 is 0 Å². The molecule has 0 saturated heterocycles. The van der Waals surface area contributed by atoms with E-state index in [4.69, 9.17) is 4.74 Å². The number of carbonyl (C=O) groups excluding carboxylic acids is 1. The summed E-state index contributed by atoms with van der Waals surface area (Å²) in [6, 6.07) is 14.7. The molecule has 1 amide bonds. The van der Waals surface area contributed by atoms with Crippen molar-refractivity contribution < 1.29 is 9.53 Å². The fourth-order valence-electron chi connectivity index (χ4n) is 4.89. The van der Waals surface area contributed by atoms with Crippen molar-refractivity contribution in [3.63, 3.8) is 0 Å². The van der Waals surface area contributed by atoms with Gasteiger partial charge in [0.2, 0.25) is 0 Å². The Balaban J connectivity index is 1.38. The van der Waals surface area contributed by atoms with Gasteiger partial charge in [-0.2, -0.15) is 10.4 Å². The topological polar surface area (TPSA) is 108 Å². The lowest BCUT2D eigenvalue weighted by molar-refractivity contribution is 0.0571. The van der Waals surface area contributed by atoms with Crippen LogP contribution in [0.3, 0.4) is 0 Å². The maximum Gasteiger partial charge on any atom is 0.272 e. The zero-order chi connectivity index (χ0) is 24.3. The molecule has 1 fully saturated rings. The Hall–Kier alpha value is -3.66. The van der Waals surface area contributed by atoms with Gasteiger partial charge in [-0.25, -0.2) is 5.10 Å². The fraction of sp³-hybridized carbons (Fsp3) is 0.407. The van der Waals surface area contributed by atoms with Crippen molar-refractivity contribution in [1.82, 2.24) is 15.5 Å². The Morgan fingerprint density at radius 3 is 2.68 bits per heavy atom. The number of ether oxygens (including phenoxy) is 1. The summed E-state index contributed by atoms with van der Waals surface area (Å²) >= 11 is 0. The largest absolute Gasteiger partial charge is 0.490 e. The minimum atomic E-state index is -0.171. The predicted molar refractivity (Wildman–Crippen MR) is 131 cm³/mol. The summed E-state index contributed by atoms with van der Waals surface area (Å²) in [7, 11) is 0. The fourth-order valence-corrected chi connectivity index (χ4v) is 4.89. The number of aromatic amines is 1. The first kappa shape index (κ1) is 23.5. The van der Waals surface area contributed by atoms with E-state index >= 15 is 0 Å². The van der Waals surface area contributed by atoms with Crippen LogP contribution in [0.25, 0.3) is 10.8 Å². The second-order valence-corrected chi connectivity index (χ2v) is 9.47. The van der Waals surface area contributed by atoms with Gasteiger partial charge in [-0.1, -0.05) is 31.5 Å². The van der Waals surface area contributed by atoms with E-state index in [1.807, 2.05) is 38.1 Å². The van der Waals surface area contributed by atoms with Gasteiger partial charge < -0.3 is 10.1 Å². The van der Waals surface area contributed by atoms with Crippen LogP contribution in [0, 0.1) is 16.7 Å². The number of hydrogen-bond donors (Lipinski definition) is 2. The van der Waals surface area contributed by atoms with E-state index in [0.717, 1.165) is 43.2 Å². The summed E-state index contributed by atoms with van der Waals surface area (Å²) < 4.78 is 5.64. The van der Waals surface area contributed by atoms with Crippen molar-refractivity contribution in [3.05, 3.63) is 69.6 Å². The zero-order valence-corrected chi connectivity index (χ0v) is 19.9. The molecule has 1 saturated carbocycles. The minimum Gasteiger partial charge on any atom is -0.490 e. The van der Waals surface area contributed by atoms with Gasteiger partial charge in [-0.3, -0.25) is 9.59 Å². The van der Waals surface area contributed by atoms with E-state index in [9.17, 15) is 14.9 Å². The smallest absolute Gasteiger partial charge is 0.272 e. The average Bonchev–Trinajstić information content (AvgIpc) is 2.81. The number of benzene rings is 2. The number of hydrogen-bond acceptors (Lipinski definition) is 5. The summed E-state index contributed by atoms with van der Waals surface area (Å²) in [4.78, 5) is 24.8. The number of nitriles is 1. The zero-order valence-electron chi connectivity index (χ0n) is 19.9. The molecule has 1 aliphatic carbocycles. The number of carbonyl (C=O) groups is 1. The number of aromatic nitrogens is 2. The van der Waals surface area contributed by atoms with Gasteiger partial charge in [0.25, 0.3) is 11.5 Å². The van der Waals surface area contributed by atoms with Gasteiger partial charge in [0.05, 0.1) is 22.7 Å². The third-order valence-electron chi connectivity index (χ3n) is 6.84. The molecule has 7 heteroatoms. The summed E-state index contributed by atoms with van der Waals surface area (Å²) in [5.41, 5.74) is 1.70. The van der Waals surface area contributed by atoms with Crippen molar-refractivity contribution in [3.8, 4) is 11.8 Å². The van der Waals surface area contributed by atoms with Crippen molar-refractivity contribution in [2.45, 2.75) is 65.0 Å². The summed E-state index contributed by atoms with van der Waals surface area (Å²) in [5, 5.41) is 21.0. The van der Waals surface area contributed by atoms with E-state index in [1.54, 1.807) is 18.2 Å². The van der Waals surface area contributed by atoms with Crippen molar-refractivity contribution in [2.24, 2.45) is 5.41 Å². The number of rotatable bonds is 8. The monoisotopic (exact) mass is 458 g/mol. The molecule has 0 spiro atoms. The maximum absolute atomic E-state index is 12.8. The minimum absolute atomic E-state index is 0.0479. The van der Waals surface area contributed by atoms with Crippen molar-refractivity contribution in [2.75, 3.05) is 0 Å². The second-order valence-electron chi connectivity index (χ2n) is 9.47. The van der Waals surface area contributed by atoms with Gasteiger partial charge in [0.15, 0.2) is 0 Å². The molecule has 0 unspecified atom stereocenters. The third-order valence-corrected chi connectivity index (χ3v) is 6.84. The van der Waals surface area contributed by atoms with Crippen LogP contribution in [-0.2, 0) is 6.42 Å². The molecule has 0 radical (unpaired) electrons. The highest BCUT2D eigenvalue weighted by molar-refractivity contribution is 5.95. The van der Waals surface area contributed by atoms with Gasteiger partial charge in [0, 0.05) is 17.0 Å². The van der Waals surface area contributed by atoms with E-state index in [2.05, 4.69) is 28.5 Å². The molecule has 0 atom stereocenters. The van der Waals surface area contributed by atoms with Gasteiger partial charge in [-0.05, 0) is 69.2 Å². The number of amides is 1. The van der Waals surface area contributed by atoms with Gasteiger partial charge in [-0.15, -0.1) is 0 Å². The van der Waals surface area contributed by atoms with Gasteiger partial charge in [0.1, 0.15) is 11.8 Å². The van der Waals surface area contributed by atoms with Crippen LogP contribution in [0.5, 0.6) is 5.75 Å². The van der Waals surface area contributed by atoms with Crippen LogP contribution in [-0.4, -0.2) is 28.3 Å².